The molecular formula is C24H24ClN5O2S. The molecule has 2 aliphatic heterocycles. The first-order valence-electron chi connectivity index (χ1n) is 10.9. The number of rotatable bonds is 5. The van der Waals surface area contributed by atoms with Crippen LogP contribution in [0.4, 0.5) is 0 Å². The van der Waals surface area contributed by atoms with Crippen LogP contribution in [-0.2, 0) is 17.0 Å². The summed E-state index contributed by atoms with van der Waals surface area (Å²) in [4.78, 5) is 17.1. The number of benzene rings is 2. The lowest BCUT2D eigenvalue weighted by molar-refractivity contribution is -0.125. The number of aromatic nitrogens is 1. The number of hydrazine groups is 1. The summed E-state index contributed by atoms with van der Waals surface area (Å²) >= 11 is 7.49. The predicted octanol–water partition coefficient (Wildman–Crippen LogP) is 4.82. The maximum atomic E-state index is 12.5. The molecule has 33 heavy (non-hydrogen) atoms. The van der Waals surface area contributed by atoms with Gasteiger partial charge in [0.1, 0.15) is 11.8 Å². The molecule has 0 aliphatic carbocycles. The van der Waals surface area contributed by atoms with Crippen LogP contribution in [0.15, 0.2) is 58.0 Å². The fourth-order valence-electron chi connectivity index (χ4n) is 3.99. The smallest absolute Gasteiger partial charge is 0.264 e. The zero-order chi connectivity index (χ0) is 22.9. The Kier molecular flexibility index (Phi) is 6.14. The Labute approximate surface area is 201 Å². The van der Waals surface area contributed by atoms with Gasteiger partial charge in [-0.25, -0.2) is 15.8 Å². The molecule has 3 aromatic rings. The Balaban J connectivity index is 1.29. The first kappa shape index (κ1) is 22.0. The van der Waals surface area contributed by atoms with Crippen molar-refractivity contribution in [3.8, 4) is 11.5 Å². The molecule has 1 amide bonds. The molecule has 2 atom stereocenters. The number of hydrogen-bond acceptors (Lipinski definition) is 7. The summed E-state index contributed by atoms with van der Waals surface area (Å²) in [6, 6.07) is 15.7. The number of nitrogens with zero attached hydrogens (tertiary/aromatic N) is 3. The summed E-state index contributed by atoms with van der Waals surface area (Å²) in [6.07, 6.45) is 1.69. The minimum absolute atomic E-state index is 0.0563. The van der Waals surface area contributed by atoms with Crippen LogP contribution in [-0.4, -0.2) is 27.1 Å². The van der Waals surface area contributed by atoms with E-state index in [0.717, 1.165) is 23.4 Å². The highest BCUT2D eigenvalue weighted by molar-refractivity contribution is 8.13. The number of amides is 1. The summed E-state index contributed by atoms with van der Waals surface area (Å²) < 4.78 is 5.87. The molecule has 2 unspecified atom stereocenters. The van der Waals surface area contributed by atoms with Crippen LogP contribution in [0, 0.1) is 6.92 Å². The Morgan fingerprint density at radius 2 is 1.94 bits per heavy atom. The van der Waals surface area contributed by atoms with E-state index in [-0.39, 0.29) is 18.0 Å². The number of hydrazone groups is 1. The van der Waals surface area contributed by atoms with Crippen molar-refractivity contribution in [2.24, 2.45) is 5.10 Å². The maximum Gasteiger partial charge on any atom is 0.264 e. The molecule has 170 valence electrons. The van der Waals surface area contributed by atoms with Crippen molar-refractivity contribution in [1.82, 2.24) is 20.8 Å². The number of amidine groups is 1. The molecule has 2 N–H and O–H groups in total. The van der Waals surface area contributed by atoms with Gasteiger partial charge in [-0.1, -0.05) is 54.6 Å². The van der Waals surface area contributed by atoms with E-state index in [0.29, 0.717) is 28.3 Å². The lowest BCUT2D eigenvalue weighted by Crippen LogP contribution is -2.52. The van der Waals surface area contributed by atoms with Crippen LogP contribution in [0.5, 0.6) is 0 Å². The zero-order valence-electron chi connectivity index (χ0n) is 18.3. The Bertz CT molecular complexity index is 1190. The second-order valence-corrected chi connectivity index (χ2v) is 9.47. The van der Waals surface area contributed by atoms with Crippen molar-refractivity contribution >= 4 is 34.4 Å². The van der Waals surface area contributed by atoms with Gasteiger partial charge >= 0.3 is 0 Å². The number of hydrogen-bond donors (Lipinski definition) is 2. The molecule has 9 heteroatoms. The minimum Gasteiger partial charge on any atom is -0.441 e. The van der Waals surface area contributed by atoms with Crippen molar-refractivity contribution in [2.45, 2.75) is 44.5 Å². The molecule has 2 aromatic carbocycles. The van der Waals surface area contributed by atoms with Crippen molar-refractivity contribution in [2.75, 3.05) is 0 Å². The number of fused-ring (bicyclic) bond motifs is 1. The SMILES string of the molecule is CCc1ccc(C2CC3C(=O)NN=C(SCc4nc(-c5ccc(Cl)cc5)oc4C)N3N2)cc1. The predicted molar refractivity (Wildman–Crippen MR) is 130 cm³/mol. The van der Waals surface area contributed by atoms with E-state index in [1.165, 1.54) is 22.9 Å². The average molecular weight is 482 g/mol. The van der Waals surface area contributed by atoms with E-state index in [2.05, 4.69) is 52.1 Å². The van der Waals surface area contributed by atoms with Gasteiger partial charge in [0.2, 0.25) is 5.89 Å². The molecule has 1 fully saturated rings. The molecule has 0 bridgehead atoms. The van der Waals surface area contributed by atoms with Crippen LogP contribution in [0.3, 0.4) is 0 Å². The third-order valence-electron chi connectivity index (χ3n) is 5.95. The van der Waals surface area contributed by atoms with E-state index in [4.69, 9.17) is 16.0 Å². The second kappa shape index (κ2) is 9.21. The minimum atomic E-state index is -0.302. The maximum absolute atomic E-state index is 12.5. The number of carbonyl (C=O) groups excluding carboxylic acids is 1. The van der Waals surface area contributed by atoms with E-state index >= 15 is 0 Å². The molecule has 2 aliphatic rings. The van der Waals surface area contributed by atoms with Crippen LogP contribution < -0.4 is 10.9 Å². The van der Waals surface area contributed by atoms with Gasteiger partial charge in [0.25, 0.3) is 5.91 Å². The molecule has 7 nitrogen and oxygen atoms in total. The Morgan fingerprint density at radius 3 is 2.67 bits per heavy atom. The molecule has 0 saturated carbocycles. The van der Waals surface area contributed by atoms with Crippen molar-refractivity contribution in [3.05, 3.63) is 76.1 Å². The van der Waals surface area contributed by atoms with Gasteiger partial charge in [0.15, 0.2) is 5.17 Å². The third kappa shape index (κ3) is 4.51. The largest absolute Gasteiger partial charge is 0.441 e. The van der Waals surface area contributed by atoms with Gasteiger partial charge < -0.3 is 4.42 Å². The highest BCUT2D eigenvalue weighted by Gasteiger charge is 2.41. The fourth-order valence-corrected chi connectivity index (χ4v) is 5.08. The Hall–Kier alpha value is -2.81. The van der Waals surface area contributed by atoms with Crippen LogP contribution in [0.1, 0.15) is 42.0 Å². The lowest BCUT2D eigenvalue weighted by atomic mass is 10.00. The molecule has 5 rings (SSSR count). The number of nitrogens with one attached hydrogen (secondary N) is 2. The average Bonchev–Trinajstić information content (AvgIpc) is 3.44. The van der Waals surface area contributed by atoms with E-state index < -0.39 is 0 Å². The number of carbonyl (C=O) groups is 1. The van der Waals surface area contributed by atoms with Gasteiger partial charge in [-0.3, -0.25) is 9.80 Å². The van der Waals surface area contributed by atoms with E-state index in [9.17, 15) is 4.79 Å². The first-order chi connectivity index (χ1) is 16.0. The van der Waals surface area contributed by atoms with Gasteiger partial charge in [0, 0.05) is 16.3 Å². The van der Waals surface area contributed by atoms with Gasteiger partial charge in [0.05, 0.1) is 11.7 Å². The molecule has 1 aromatic heterocycles. The first-order valence-corrected chi connectivity index (χ1v) is 12.2. The topological polar surface area (TPSA) is 82.8 Å². The summed E-state index contributed by atoms with van der Waals surface area (Å²) in [5, 5.41) is 7.56. The zero-order valence-corrected chi connectivity index (χ0v) is 19.9. The van der Waals surface area contributed by atoms with Gasteiger partial charge in [-0.2, -0.15) is 0 Å². The van der Waals surface area contributed by atoms with Crippen LogP contribution in [0.2, 0.25) is 5.02 Å². The van der Waals surface area contributed by atoms with Crippen LogP contribution in [0.25, 0.3) is 11.5 Å². The number of thioether (sulfide) groups is 1. The van der Waals surface area contributed by atoms with Crippen molar-refractivity contribution in [3.63, 3.8) is 0 Å². The molecule has 1 saturated heterocycles. The molecular weight excluding hydrogens is 458 g/mol. The Morgan fingerprint density at radius 1 is 1.18 bits per heavy atom. The van der Waals surface area contributed by atoms with Gasteiger partial charge in [-0.15, -0.1) is 5.10 Å². The monoisotopic (exact) mass is 481 g/mol. The summed E-state index contributed by atoms with van der Waals surface area (Å²) in [5.74, 6) is 1.79. The summed E-state index contributed by atoms with van der Waals surface area (Å²) in [7, 11) is 0. The number of oxazole rings is 1. The number of aryl methyl sites for hydroxylation is 2. The quantitative estimate of drug-likeness (QED) is 0.543. The fraction of sp³-hybridized carbons (Fsp3) is 0.292. The van der Waals surface area contributed by atoms with Crippen molar-refractivity contribution in [1.29, 1.82) is 0 Å². The molecule has 0 spiro atoms. The molecule has 0 radical (unpaired) electrons. The second-order valence-electron chi connectivity index (χ2n) is 8.09. The highest BCUT2D eigenvalue weighted by atomic mass is 35.5. The standard InChI is InChI=1S/C24H24ClN5O2S/c1-3-15-4-6-16(7-5-15)19-12-21-22(31)27-28-24(30(21)29-19)33-13-20-14(2)32-23(26-20)17-8-10-18(25)11-9-17/h4-11,19,21,29H,3,12-13H2,1-2H3,(H,27,31). The van der Waals surface area contributed by atoms with Crippen molar-refractivity contribution < 1.29 is 9.21 Å². The van der Waals surface area contributed by atoms with E-state index in [1.807, 2.05) is 36.2 Å². The lowest BCUT2D eigenvalue weighted by Gasteiger charge is -2.29. The van der Waals surface area contributed by atoms with E-state index in [1.54, 1.807) is 0 Å². The third-order valence-corrected chi connectivity index (χ3v) is 7.16. The normalized spacial score (nSPS) is 19.9. The highest BCUT2D eigenvalue weighted by Crippen LogP contribution is 2.33. The van der Waals surface area contributed by atoms with Crippen LogP contribution >= 0.6 is 23.4 Å². The number of halogens is 1. The summed E-state index contributed by atoms with van der Waals surface area (Å²) in [6.45, 7) is 4.04. The van der Waals surface area contributed by atoms with Gasteiger partial charge in [-0.05, 0) is 55.2 Å². The molecule has 3 heterocycles. The summed E-state index contributed by atoms with van der Waals surface area (Å²) in [5.41, 5.74) is 10.3.